The van der Waals surface area contributed by atoms with E-state index in [1.54, 1.807) is 13.0 Å². The number of piperidine rings is 1. The Morgan fingerprint density at radius 3 is 2.72 bits per heavy atom. The fourth-order valence-electron chi connectivity index (χ4n) is 4.21. The zero-order valence-corrected chi connectivity index (χ0v) is 18.4. The van der Waals surface area contributed by atoms with Crippen LogP contribution in [0.5, 0.6) is 5.75 Å². The van der Waals surface area contributed by atoms with Crippen molar-refractivity contribution in [2.45, 2.75) is 38.5 Å². The molecule has 0 spiro atoms. The number of ether oxygens (including phenoxy) is 2. The molecule has 4 rings (SSSR count). The van der Waals surface area contributed by atoms with Crippen molar-refractivity contribution in [2.24, 2.45) is 0 Å². The number of rotatable bonds is 10. The smallest absolute Gasteiger partial charge is 0.189 e. The summed E-state index contributed by atoms with van der Waals surface area (Å²) in [6.45, 7) is 5.43. The Morgan fingerprint density at radius 2 is 1.97 bits per heavy atom. The molecule has 1 fully saturated rings. The van der Waals surface area contributed by atoms with Gasteiger partial charge < -0.3 is 18.9 Å². The van der Waals surface area contributed by atoms with Gasteiger partial charge in [-0.05, 0) is 69.1 Å². The molecule has 1 saturated heterocycles. The summed E-state index contributed by atoms with van der Waals surface area (Å²) < 4.78 is 29.9. The van der Waals surface area contributed by atoms with E-state index in [1.807, 2.05) is 24.3 Å². The molecule has 2 aromatic carbocycles. The van der Waals surface area contributed by atoms with Gasteiger partial charge in [-0.15, -0.1) is 0 Å². The van der Waals surface area contributed by atoms with Crippen molar-refractivity contribution in [3.05, 3.63) is 59.5 Å². The number of fused-ring (bicyclic) bond motifs is 1. The van der Waals surface area contributed by atoms with Crippen molar-refractivity contribution >= 4 is 16.8 Å². The number of hydrogen-bond donors (Lipinski definition) is 0. The molecular formula is C25H29FN2O4. The quantitative estimate of drug-likeness (QED) is 0.336. The molecule has 0 aliphatic carbocycles. The molecule has 1 aromatic heterocycles. The Kier molecular flexibility index (Phi) is 7.50. The van der Waals surface area contributed by atoms with Crippen LogP contribution in [0.2, 0.25) is 0 Å². The SMILES string of the molecule is CC(=O)Cc1ccc(OCOCCCN2CCC(c3noc4cc(F)ccc34)CC2)cc1. The highest BCUT2D eigenvalue weighted by atomic mass is 19.1. The van der Waals surface area contributed by atoms with Crippen LogP contribution in [0.3, 0.4) is 0 Å². The molecule has 3 aromatic rings. The van der Waals surface area contributed by atoms with E-state index in [0.717, 1.165) is 61.3 Å². The standard InChI is InChI=1S/C25H29FN2O4/c1-18(29)15-19-3-6-22(7-4-19)31-17-30-14-2-11-28-12-9-20(10-13-28)25-23-8-5-21(26)16-24(23)32-27-25/h3-8,16,20H,2,9-15,17H2,1H3. The molecule has 32 heavy (non-hydrogen) atoms. The van der Waals surface area contributed by atoms with Crippen LogP contribution in [0.1, 0.15) is 43.4 Å². The lowest BCUT2D eigenvalue weighted by atomic mass is 9.91. The van der Waals surface area contributed by atoms with Crippen molar-refractivity contribution in [3.63, 3.8) is 0 Å². The van der Waals surface area contributed by atoms with E-state index in [0.29, 0.717) is 24.5 Å². The van der Waals surface area contributed by atoms with Crippen LogP contribution >= 0.6 is 0 Å². The largest absolute Gasteiger partial charge is 0.468 e. The average Bonchev–Trinajstić information content (AvgIpc) is 3.20. The summed E-state index contributed by atoms with van der Waals surface area (Å²) in [6, 6.07) is 12.2. The molecule has 0 atom stereocenters. The summed E-state index contributed by atoms with van der Waals surface area (Å²) in [7, 11) is 0. The van der Waals surface area contributed by atoms with E-state index in [1.165, 1.54) is 12.1 Å². The number of carbonyl (C=O) groups excluding carboxylic acids is 1. The van der Waals surface area contributed by atoms with Gasteiger partial charge in [-0.25, -0.2) is 4.39 Å². The second kappa shape index (κ2) is 10.7. The number of hydrogen-bond acceptors (Lipinski definition) is 6. The number of carbonyl (C=O) groups is 1. The molecule has 0 radical (unpaired) electrons. The van der Waals surface area contributed by atoms with E-state index in [9.17, 15) is 9.18 Å². The number of Topliss-reactive ketones (excluding diaryl/α,β-unsaturated/α-hetero) is 1. The van der Waals surface area contributed by atoms with E-state index in [-0.39, 0.29) is 18.4 Å². The van der Waals surface area contributed by atoms with Gasteiger partial charge >= 0.3 is 0 Å². The molecule has 0 saturated carbocycles. The van der Waals surface area contributed by atoms with Crippen LogP contribution in [-0.4, -0.2) is 48.9 Å². The topological polar surface area (TPSA) is 64.8 Å². The fourth-order valence-corrected chi connectivity index (χ4v) is 4.21. The zero-order chi connectivity index (χ0) is 22.3. The van der Waals surface area contributed by atoms with Gasteiger partial charge in [-0.1, -0.05) is 17.3 Å². The molecular weight excluding hydrogens is 411 g/mol. The molecule has 2 heterocycles. The third kappa shape index (κ3) is 5.93. The Hall–Kier alpha value is -2.77. The second-order valence-corrected chi connectivity index (χ2v) is 8.37. The molecule has 0 N–H and O–H groups in total. The van der Waals surface area contributed by atoms with Crippen LogP contribution in [0.25, 0.3) is 11.0 Å². The number of aromatic nitrogens is 1. The number of benzene rings is 2. The molecule has 0 unspecified atom stereocenters. The Bertz CT molecular complexity index is 1030. The van der Waals surface area contributed by atoms with Crippen LogP contribution < -0.4 is 4.74 Å². The van der Waals surface area contributed by atoms with Gasteiger partial charge in [0.15, 0.2) is 12.4 Å². The third-order valence-electron chi connectivity index (χ3n) is 5.88. The van der Waals surface area contributed by atoms with E-state index in [4.69, 9.17) is 14.0 Å². The van der Waals surface area contributed by atoms with E-state index >= 15 is 0 Å². The summed E-state index contributed by atoms with van der Waals surface area (Å²) >= 11 is 0. The first kappa shape index (κ1) is 22.4. The predicted molar refractivity (Wildman–Crippen MR) is 119 cm³/mol. The van der Waals surface area contributed by atoms with Crippen molar-refractivity contribution in [3.8, 4) is 5.75 Å². The number of likely N-dealkylation sites (tertiary alicyclic amines) is 1. The maximum absolute atomic E-state index is 13.4. The van der Waals surface area contributed by atoms with Gasteiger partial charge in [-0.3, -0.25) is 4.79 Å². The van der Waals surface area contributed by atoms with Gasteiger partial charge in [0, 0.05) is 30.3 Å². The Morgan fingerprint density at radius 1 is 1.19 bits per heavy atom. The summed E-state index contributed by atoms with van der Waals surface area (Å²) in [5.41, 5.74) is 2.46. The fraction of sp³-hybridized carbons (Fsp3) is 0.440. The minimum atomic E-state index is -0.301. The average molecular weight is 441 g/mol. The molecule has 1 aliphatic rings. The molecule has 0 bridgehead atoms. The highest BCUT2D eigenvalue weighted by Gasteiger charge is 2.24. The predicted octanol–water partition coefficient (Wildman–Crippen LogP) is 4.72. The maximum Gasteiger partial charge on any atom is 0.189 e. The Balaban J connectivity index is 1.11. The van der Waals surface area contributed by atoms with Gasteiger partial charge in [-0.2, -0.15) is 0 Å². The minimum absolute atomic E-state index is 0.148. The van der Waals surface area contributed by atoms with Gasteiger partial charge in [0.1, 0.15) is 17.3 Å². The van der Waals surface area contributed by atoms with E-state index in [2.05, 4.69) is 10.1 Å². The highest BCUT2D eigenvalue weighted by Crippen LogP contribution is 2.32. The summed E-state index contributed by atoms with van der Waals surface area (Å²) in [5, 5.41) is 5.14. The number of nitrogens with zero attached hydrogens (tertiary/aromatic N) is 2. The van der Waals surface area contributed by atoms with Crippen molar-refractivity contribution < 1.29 is 23.2 Å². The molecule has 6 nitrogen and oxygen atoms in total. The highest BCUT2D eigenvalue weighted by molar-refractivity contribution is 5.80. The lowest BCUT2D eigenvalue weighted by Crippen LogP contribution is -2.34. The van der Waals surface area contributed by atoms with Gasteiger partial charge in [0.05, 0.1) is 12.3 Å². The molecule has 7 heteroatoms. The van der Waals surface area contributed by atoms with Crippen molar-refractivity contribution in [1.29, 1.82) is 0 Å². The van der Waals surface area contributed by atoms with E-state index < -0.39 is 0 Å². The van der Waals surface area contributed by atoms with Crippen LogP contribution in [0.4, 0.5) is 4.39 Å². The lowest BCUT2D eigenvalue weighted by Gasteiger charge is -2.31. The van der Waals surface area contributed by atoms with Gasteiger partial charge in [0.2, 0.25) is 0 Å². The lowest BCUT2D eigenvalue weighted by molar-refractivity contribution is -0.116. The Labute approximate surface area is 187 Å². The maximum atomic E-state index is 13.4. The van der Waals surface area contributed by atoms with Crippen LogP contribution in [0.15, 0.2) is 47.0 Å². The monoisotopic (exact) mass is 440 g/mol. The molecule has 0 amide bonds. The first-order valence-corrected chi connectivity index (χ1v) is 11.1. The number of ketones is 1. The molecule has 1 aliphatic heterocycles. The zero-order valence-electron chi connectivity index (χ0n) is 18.4. The second-order valence-electron chi connectivity index (χ2n) is 8.37. The minimum Gasteiger partial charge on any atom is -0.468 e. The third-order valence-corrected chi connectivity index (χ3v) is 5.88. The van der Waals surface area contributed by atoms with Crippen LogP contribution in [0, 0.1) is 5.82 Å². The summed E-state index contributed by atoms with van der Waals surface area (Å²) in [5.74, 6) is 0.937. The first-order valence-electron chi connectivity index (χ1n) is 11.1. The normalized spacial score (nSPS) is 15.3. The summed E-state index contributed by atoms with van der Waals surface area (Å²) in [4.78, 5) is 13.6. The number of halogens is 1. The first-order chi connectivity index (χ1) is 15.6. The summed E-state index contributed by atoms with van der Waals surface area (Å²) in [6.07, 6.45) is 3.42. The van der Waals surface area contributed by atoms with Crippen molar-refractivity contribution in [2.75, 3.05) is 33.0 Å². The molecule has 170 valence electrons. The van der Waals surface area contributed by atoms with Crippen molar-refractivity contribution in [1.82, 2.24) is 10.1 Å². The van der Waals surface area contributed by atoms with Crippen LogP contribution in [-0.2, 0) is 16.0 Å². The van der Waals surface area contributed by atoms with Gasteiger partial charge in [0.25, 0.3) is 0 Å².